The van der Waals surface area contributed by atoms with E-state index in [4.69, 9.17) is 39.9 Å². The van der Waals surface area contributed by atoms with Gasteiger partial charge in [0.2, 0.25) is 10.0 Å². The second-order valence-corrected chi connectivity index (χ2v) is 8.07. The van der Waals surface area contributed by atoms with Gasteiger partial charge in [-0.1, -0.05) is 40.9 Å². The van der Waals surface area contributed by atoms with Gasteiger partial charge in [0.1, 0.15) is 6.54 Å². The lowest BCUT2D eigenvalue weighted by Gasteiger charge is -2.21. The third-order valence-electron chi connectivity index (χ3n) is 3.12. The number of hydrogen-bond donors (Lipinski definition) is 1. The van der Waals surface area contributed by atoms with E-state index in [1.165, 1.54) is 30.3 Å². The second kappa shape index (κ2) is 7.72. The summed E-state index contributed by atoms with van der Waals surface area (Å²) in [5, 5.41) is 10.1. The van der Waals surface area contributed by atoms with Gasteiger partial charge in [-0.3, -0.25) is 4.79 Å². The molecule has 2 rings (SSSR count). The number of carboxylic acid groups (broad SMARTS) is 1. The average Bonchev–Trinajstić information content (AvgIpc) is 2.49. The maximum absolute atomic E-state index is 12.7. The van der Waals surface area contributed by atoms with Crippen LogP contribution in [0.4, 0.5) is 0 Å². The summed E-state index contributed by atoms with van der Waals surface area (Å²) >= 11 is 17.6. The van der Waals surface area contributed by atoms with Crippen molar-refractivity contribution in [3.8, 4) is 0 Å². The van der Waals surface area contributed by atoms with Gasteiger partial charge in [0.15, 0.2) is 0 Å². The molecule has 2 aromatic rings. The van der Waals surface area contributed by atoms with Crippen LogP contribution < -0.4 is 0 Å². The summed E-state index contributed by atoms with van der Waals surface area (Å²) in [6.07, 6.45) is 0. The van der Waals surface area contributed by atoms with Crippen LogP contribution in [-0.2, 0) is 21.4 Å². The first-order valence-electron chi connectivity index (χ1n) is 6.61. The first-order valence-corrected chi connectivity index (χ1v) is 9.19. The molecular weight excluding hydrogens is 397 g/mol. The van der Waals surface area contributed by atoms with Crippen LogP contribution in [0, 0.1) is 0 Å². The van der Waals surface area contributed by atoms with Gasteiger partial charge in [-0.05, 0) is 42.0 Å². The molecular formula is C15H12Cl3NO4S. The zero-order valence-corrected chi connectivity index (χ0v) is 15.2. The number of rotatable bonds is 6. The summed E-state index contributed by atoms with van der Waals surface area (Å²) in [7, 11) is -4.04. The monoisotopic (exact) mass is 407 g/mol. The van der Waals surface area contributed by atoms with Crippen molar-refractivity contribution in [2.75, 3.05) is 6.54 Å². The van der Waals surface area contributed by atoms with Crippen LogP contribution in [0.1, 0.15) is 5.56 Å². The molecule has 0 aliphatic heterocycles. The normalized spacial score (nSPS) is 11.7. The molecule has 0 fully saturated rings. The highest BCUT2D eigenvalue weighted by molar-refractivity contribution is 7.89. The van der Waals surface area contributed by atoms with Crippen molar-refractivity contribution < 1.29 is 18.3 Å². The lowest BCUT2D eigenvalue weighted by molar-refractivity contribution is -0.137. The minimum absolute atomic E-state index is 0.0572. The Bertz CT molecular complexity index is 854. The first kappa shape index (κ1) is 19.0. The fraction of sp³-hybridized carbons (Fsp3) is 0.133. The van der Waals surface area contributed by atoms with Crippen molar-refractivity contribution in [2.24, 2.45) is 0 Å². The molecule has 0 saturated heterocycles. The Kier molecular flexibility index (Phi) is 6.11. The molecule has 24 heavy (non-hydrogen) atoms. The van der Waals surface area contributed by atoms with Crippen molar-refractivity contribution in [2.45, 2.75) is 11.4 Å². The van der Waals surface area contributed by atoms with Crippen LogP contribution in [0.2, 0.25) is 15.1 Å². The minimum Gasteiger partial charge on any atom is -0.480 e. The molecule has 1 N–H and O–H groups in total. The second-order valence-electron chi connectivity index (χ2n) is 4.86. The van der Waals surface area contributed by atoms with Crippen molar-refractivity contribution in [1.29, 1.82) is 0 Å². The van der Waals surface area contributed by atoms with Gasteiger partial charge in [0.25, 0.3) is 0 Å². The van der Waals surface area contributed by atoms with Gasteiger partial charge in [-0.15, -0.1) is 0 Å². The molecule has 0 atom stereocenters. The molecule has 0 bridgehead atoms. The lowest BCUT2D eigenvalue weighted by atomic mass is 10.2. The van der Waals surface area contributed by atoms with E-state index in [9.17, 15) is 13.2 Å². The number of hydrogen-bond acceptors (Lipinski definition) is 3. The molecule has 0 aliphatic carbocycles. The summed E-state index contributed by atoms with van der Waals surface area (Å²) in [6, 6.07) is 10.0. The fourth-order valence-electron chi connectivity index (χ4n) is 1.97. The Hall–Kier alpha value is -1.31. The number of nitrogens with zero attached hydrogens (tertiary/aromatic N) is 1. The first-order chi connectivity index (χ1) is 11.2. The van der Waals surface area contributed by atoms with E-state index in [2.05, 4.69) is 0 Å². The van der Waals surface area contributed by atoms with Crippen molar-refractivity contribution in [1.82, 2.24) is 4.31 Å². The van der Waals surface area contributed by atoms with E-state index in [1.807, 2.05) is 0 Å². The third-order valence-corrected chi connectivity index (χ3v) is 5.77. The Morgan fingerprint density at radius 1 is 1.00 bits per heavy atom. The van der Waals surface area contributed by atoms with Crippen LogP contribution in [-0.4, -0.2) is 30.3 Å². The number of halogens is 3. The van der Waals surface area contributed by atoms with Crippen LogP contribution in [0.3, 0.4) is 0 Å². The highest BCUT2D eigenvalue weighted by atomic mass is 35.5. The van der Waals surface area contributed by atoms with Crippen LogP contribution in [0.15, 0.2) is 47.4 Å². The zero-order valence-electron chi connectivity index (χ0n) is 12.1. The standard InChI is InChI=1S/C15H12Cl3NO4S/c16-11-3-5-13(6-4-11)24(22,23)19(9-15(20)21)8-10-1-2-12(17)7-14(10)18/h1-7H,8-9H2,(H,20,21). The molecule has 0 unspecified atom stereocenters. The number of carboxylic acids is 1. The van der Waals surface area contributed by atoms with Crippen molar-refractivity contribution >= 4 is 50.8 Å². The summed E-state index contributed by atoms with van der Waals surface area (Å²) < 4.78 is 26.3. The maximum Gasteiger partial charge on any atom is 0.318 e. The molecule has 0 saturated carbocycles. The Morgan fingerprint density at radius 2 is 1.58 bits per heavy atom. The molecule has 2 aromatic carbocycles. The van der Waals surface area contributed by atoms with Crippen LogP contribution in [0.5, 0.6) is 0 Å². The summed E-state index contributed by atoms with van der Waals surface area (Å²) in [5.74, 6) is -1.28. The molecule has 128 valence electrons. The Morgan fingerprint density at radius 3 is 2.12 bits per heavy atom. The molecule has 0 amide bonds. The Balaban J connectivity index is 2.40. The van der Waals surface area contributed by atoms with Gasteiger partial charge in [-0.2, -0.15) is 4.31 Å². The smallest absolute Gasteiger partial charge is 0.318 e. The fourth-order valence-corrected chi connectivity index (χ4v) is 3.93. The topological polar surface area (TPSA) is 74.7 Å². The number of sulfonamides is 1. The minimum atomic E-state index is -4.04. The molecule has 0 radical (unpaired) electrons. The van der Waals surface area contributed by atoms with Gasteiger partial charge < -0.3 is 5.11 Å². The van der Waals surface area contributed by atoms with E-state index < -0.39 is 22.5 Å². The van der Waals surface area contributed by atoms with Crippen LogP contribution >= 0.6 is 34.8 Å². The van der Waals surface area contributed by atoms with Crippen molar-refractivity contribution in [3.05, 3.63) is 63.1 Å². The van der Waals surface area contributed by atoms with E-state index >= 15 is 0 Å². The number of benzene rings is 2. The Labute approximate surface area is 154 Å². The van der Waals surface area contributed by atoms with Gasteiger partial charge in [-0.25, -0.2) is 8.42 Å². The summed E-state index contributed by atoms with van der Waals surface area (Å²) in [4.78, 5) is 11.0. The van der Waals surface area contributed by atoms with E-state index in [0.717, 1.165) is 4.31 Å². The summed E-state index contributed by atoms with van der Waals surface area (Å²) in [5.41, 5.74) is 0.444. The molecule has 0 heterocycles. The van der Waals surface area contributed by atoms with E-state index in [1.54, 1.807) is 12.1 Å². The number of aliphatic carboxylic acids is 1. The lowest BCUT2D eigenvalue weighted by Crippen LogP contribution is -2.35. The predicted molar refractivity (Wildman–Crippen MR) is 93.1 cm³/mol. The molecule has 0 spiro atoms. The zero-order chi connectivity index (χ0) is 17.9. The highest BCUT2D eigenvalue weighted by Crippen LogP contribution is 2.25. The molecule has 5 nitrogen and oxygen atoms in total. The number of carbonyl (C=O) groups is 1. The quantitative estimate of drug-likeness (QED) is 0.786. The molecule has 0 aliphatic rings. The van der Waals surface area contributed by atoms with Gasteiger partial charge in [0, 0.05) is 21.6 Å². The van der Waals surface area contributed by atoms with Crippen LogP contribution in [0.25, 0.3) is 0 Å². The third kappa shape index (κ3) is 4.62. The van der Waals surface area contributed by atoms with E-state index in [-0.39, 0.29) is 16.5 Å². The highest BCUT2D eigenvalue weighted by Gasteiger charge is 2.27. The average molecular weight is 409 g/mol. The van der Waals surface area contributed by atoms with Gasteiger partial charge >= 0.3 is 5.97 Å². The molecule has 0 aromatic heterocycles. The van der Waals surface area contributed by atoms with Gasteiger partial charge in [0.05, 0.1) is 4.90 Å². The SMILES string of the molecule is O=C(O)CN(Cc1ccc(Cl)cc1Cl)S(=O)(=O)c1ccc(Cl)cc1. The predicted octanol–water partition coefficient (Wildman–Crippen LogP) is 3.92. The van der Waals surface area contributed by atoms with Crippen molar-refractivity contribution in [3.63, 3.8) is 0 Å². The largest absolute Gasteiger partial charge is 0.480 e. The van der Waals surface area contributed by atoms with E-state index in [0.29, 0.717) is 15.6 Å². The summed E-state index contributed by atoms with van der Waals surface area (Å²) in [6.45, 7) is -0.906. The maximum atomic E-state index is 12.7. The molecule has 9 heteroatoms.